The molecule has 0 unspecified atom stereocenters. The van der Waals surface area contributed by atoms with E-state index in [4.69, 9.17) is 0 Å². The minimum absolute atomic E-state index is 0.874. The molecule has 1 aliphatic heterocycles. The van der Waals surface area contributed by atoms with E-state index in [0.717, 1.165) is 19.5 Å². The third kappa shape index (κ3) is 2.19. The van der Waals surface area contributed by atoms with Crippen molar-refractivity contribution in [2.24, 2.45) is 0 Å². The number of fused-ring (bicyclic) bond motifs is 1. The number of anilines is 2. The van der Waals surface area contributed by atoms with Crippen LogP contribution in [0.3, 0.4) is 0 Å². The van der Waals surface area contributed by atoms with Crippen molar-refractivity contribution in [3.63, 3.8) is 0 Å². The first kappa shape index (κ1) is 11.1. The second-order valence-corrected chi connectivity index (χ2v) is 4.85. The Balaban J connectivity index is 1.74. The first-order valence-electron chi connectivity index (χ1n) is 6.48. The predicted molar refractivity (Wildman–Crippen MR) is 77.1 cm³/mol. The molecular formula is C16H18N2. The van der Waals surface area contributed by atoms with Crippen molar-refractivity contribution in [3.8, 4) is 0 Å². The normalized spacial score (nSPS) is 12.9. The molecule has 2 heteroatoms. The summed E-state index contributed by atoms with van der Waals surface area (Å²) in [6.07, 6.45) is 1.15. The lowest BCUT2D eigenvalue weighted by molar-refractivity contribution is 1.11. The zero-order valence-electron chi connectivity index (χ0n) is 10.7. The van der Waals surface area contributed by atoms with Crippen LogP contribution in [0.15, 0.2) is 42.5 Å². The minimum atomic E-state index is 0.874. The topological polar surface area (TPSA) is 24.1 Å². The Bertz CT molecular complexity index is 544. The van der Waals surface area contributed by atoms with E-state index in [1.165, 1.54) is 28.1 Å². The molecule has 1 aliphatic rings. The summed E-state index contributed by atoms with van der Waals surface area (Å²) in [4.78, 5) is 0. The summed E-state index contributed by atoms with van der Waals surface area (Å²) in [5.74, 6) is 0. The van der Waals surface area contributed by atoms with Gasteiger partial charge >= 0.3 is 0 Å². The van der Waals surface area contributed by atoms with Gasteiger partial charge in [-0.2, -0.15) is 0 Å². The van der Waals surface area contributed by atoms with Gasteiger partial charge < -0.3 is 10.6 Å². The Morgan fingerprint density at radius 3 is 2.78 bits per heavy atom. The highest BCUT2D eigenvalue weighted by Crippen LogP contribution is 2.26. The number of benzene rings is 2. The standard InChI is InChI=1S/C16H18N2/c1-12-5-7-15(8-6-12)18-11-14-4-2-3-13-9-10-17-16(13)14/h2-8,17-18H,9-11H2,1H3. The van der Waals surface area contributed by atoms with Gasteiger partial charge in [0.05, 0.1) is 0 Å². The minimum Gasteiger partial charge on any atom is -0.384 e. The second kappa shape index (κ2) is 4.73. The van der Waals surface area contributed by atoms with E-state index in [2.05, 4.69) is 60.0 Å². The highest BCUT2D eigenvalue weighted by molar-refractivity contribution is 5.62. The highest BCUT2D eigenvalue weighted by Gasteiger charge is 2.12. The molecule has 0 fully saturated rings. The van der Waals surface area contributed by atoms with E-state index in [0.29, 0.717) is 0 Å². The van der Waals surface area contributed by atoms with Gasteiger partial charge in [0, 0.05) is 24.5 Å². The average molecular weight is 238 g/mol. The molecule has 0 aromatic heterocycles. The molecule has 0 radical (unpaired) electrons. The molecule has 1 heterocycles. The first-order chi connectivity index (χ1) is 8.83. The van der Waals surface area contributed by atoms with Gasteiger partial charge in [0.15, 0.2) is 0 Å². The maximum absolute atomic E-state index is 3.48. The van der Waals surface area contributed by atoms with Gasteiger partial charge in [-0.25, -0.2) is 0 Å². The summed E-state index contributed by atoms with van der Waals surface area (Å²) in [5.41, 5.74) is 6.60. The van der Waals surface area contributed by atoms with Gasteiger partial charge in [-0.15, -0.1) is 0 Å². The monoisotopic (exact) mass is 238 g/mol. The molecule has 18 heavy (non-hydrogen) atoms. The summed E-state index contributed by atoms with van der Waals surface area (Å²) in [7, 11) is 0. The molecule has 0 aliphatic carbocycles. The lowest BCUT2D eigenvalue weighted by Crippen LogP contribution is -2.02. The number of para-hydroxylation sites is 1. The summed E-state index contributed by atoms with van der Waals surface area (Å²) in [5, 5.41) is 6.95. The maximum Gasteiger partial charge on any atom is 0.0424 e. The fourth-order valence-corrected chi connectivity index (χ4v) is 2.43. The molecule has 0 saturated heterocycles. The number of rotatable bonds is 3. The first-order valence-corrected chi connectivity index (χ1v) is 6.48. The lowest BCUT2D eigenvalue weighted by Gasteiger charge is -2.11. The van der Waals surface area contributed by atoms with Gasteiger partial charge in [-0.3, -0.25) is 0 Å². The summed E-state index contributed by atoms with van der Waals surface area (Å²) < 4.78 is 0. The number of aryl methyl sites for hydroxylation is 1. The average Bonchev–Trinajstić information content (AvgIpc) is 2.87. The van der Waals surface area contributed by atoms with Gasteiger partial charge in [0.2, 0.25) is 0 Å². The van der Waals surface area contributed by atoms with Crippen molar-refractivity contribution >= 4 is 11.4 Å². The molecular weight excluding hydrogens is 220 g/mol. The SMILES string of the molecule is Cc1ccc(NCc2cccc3c2NCC3)cc1. The molecule has 2 aromatic carbocycles. The van der Waals surface area contributed by atoms with Crippen LogP contribution in [-0.4, -0.2) is 6.54 Å². The molecule has 0 bridgehead atoms. The van der Waals surface area contributed by atoms with Crippen LogP contribution >= 0.6 is 0 Å². The van der Waals surface area contributed by atoms with E-state index in [9.17, 15) is 0 Å². The molecule has 2 aromatic rings. The Labute approximate surface area is 108 Å². The highest BCUT2D eigenvalue weighted by atomic mass is 14.9. The Morgan fingerprint density at radius 1 is 1.11 bits per heavy atom. The summed E-state index contributed by atoms with van der Waals surface area (Å²) >= 11 is 0. The predicted octanol–water partition coefficient (Wildman–Crippen LogP) is 3.58. The quantitative estimate of drug-likeness (QED) is 0.854. The van der Waals surface area contributed by atoms with E-state index >= 15 is 0 Å². The Kier molecular flexibility index (Phi) is 2.93. The van der Waals surface area contributed by atoms with Crippen molar-refractivity contribution in [3.05, 3.63) is 59.2 Å². The van der Waals surface area contributed by atoms with Gasteiger partial charge in [-0.05, 0) is 36.6 Å². The lowest BCUT2D eigenvalue weighted by atomic mass is 10.1. The third-order valence-electron chi connectivity index (χ3n) is 3.47. The zero-order valence-corrected chi connectivity index (χ0v) is 10.7. The molecule has 0 saturated carbocycles. The molecule has 3 rings (SSSR count). The Hall–Kier alpha value is -1.96. The van der Waals surface area contributed by atoms with Crippen LogP contribution in [0.2, 0.25) is 0 Å². The van der Waals surface area contributed by atoms with E-state index in [1.807, 2.05) is 0 Å². The van der Waals surface area contributed by atoms with Crippen molar-refractivity contribution in [1.82, 2.24) is 0 Å². The van der Waals surface area contributed by atoms with Crippen molar-refractivity contribution in [1.29, 1.82) is 0 Å². The van der Waals surface area contributed by atoms with Crippen LogP contribution in [0.25, 0.3) is 0 Å². The molecule has 0 atom stereocenters. The number of nitrogens with one attached hydrogen (secondary N) is 2. The fourth-order valence-electron chi connectivity index (χ4n) is 2.43. The summed E-state index contributed by atoms with van der Waals surface area (Å²) in [6.45, 7) is 4.05. The van der Waals surface area contributed by atoms with Gasteiger partial charge in [0.1, 0.15) is 0 Å². The van der Waals surface area contributed by atoms with Crippen LogP contribution in [0.1, 0.15) is 16.7 Å². The van der Waals surface area contributed by atoms with Gasteiger partial charge in [0.25, 0.3) is 0 Å². The smallest absolute Gasteiger partial charge is 0.0424 e. The molecule has 92 valence electrons. The van der Waals surface area contributed by atoms with E-state index in [-0.39, 0.29) is 0 Å². The van der Waals surface area contributed by atoms with Crippen LogP contribution in [0.5, 0.6) is 0 Å². The fraction of sp³-hybridized carbons (Fsp3) is 0.250. The van der Waals surface area contributed by atoms with Crippen LogP contribution < -0.4 is 10.6 Å². The molecule has 2 N–H and O–H groups in total. The van der Waals surface area contributed by atoms with Crippen molar-refractivity contribution < 1.29 is 0 Å². The number of hydrogen-bond acceptors (Lipinski definition) is 2. The molecule has 0 amide bonds. The van der Waals surface area contributed by atoms with Crippen LogP contribution in [0, 0.1) is 6.92 Å². The zero-order chi connectivity index (χ0) is 12.4. The molecule has 0 spiro atoms. The van der Waals surface area contributed by atoms with E-state index < -0.39 is 0 Å². The molecule has 2 nitrogen and oxygen atoms in total. The maximum atomic E-state index is 3.48. The van der Waals surface area contributed by atoms with Crippen LogP contribution in [0.4, 0.5) is 11.4 Å². The third-order valence-corrected chi connectivity index (χ3v) is 3.47. The largest absolute Gasteiger partial charge is 0.384 e. The van der Waals surface area contributed by atoms with Crippen LogP contribution in [-0.2, 0) is 13.0 Å². The number of hydrogen-bond donors (Lipinski definition) is 2. The second-order valence-electron chi connectivity index (χ2n) is 4.85. The summed E-state index contributed by atoms with van der Waals surface area (Å²) in [6, 6.07) is 15.1. The van der Waals surface area contributed by atoms with E-state index in [1.54, 1.807) is 0 Å². The Morgan fingerprint density at radius 2 is 1.94 bits per heavy atom. The van der Waals surface area contributed by atoms with Crippen molar-refractivity contribution in [2.75, 3.05) is 17.2 Å². The van der Waals surface area contributed by atoms with Gasteiger partial charge in [-0.1, -0.05) is 35.9 Å². The van der Waals surface area contributed by atoms with Crippen molar-refractivity contribution in [2.45, 2.75) is 19.9 Å².